The van der Waals surface area contributed by atoms with Gasteiger partial charge in [0, 0.05) is 12.2 Å². The molecular formula is C13H21NO. The zero-order chi connectivity index (χ0) is 11.3. The van der Waals surface area contributed by atoms with Crippen LogP contribution in [0.4, 0.5) is 5.69 Å². The van der Waals surface area contributed by atoms with Gasteiger partial charge in [0.2, 0.25) is 0 Å². The molecule has 0 aliphatic heterocycles. The van der Waals surface area contributed by atoms with E-state index in [0.717, 1.165) is 18.0 Å². The van der Waals surface area contributed by atoms with Gasteiger partial charge in [-0.05, 0) is 36.1 Å². The molecule has 0 radical (unpaired) electrons. The van der Waals surface area contributed by atoms with E-state index in [1.807, 2.05) is 24.3 Å². The topological polar surface area (TPSA) is 21.3 Å². The van der Waals surface area contributed by atoms with Crippen LogP contribution < -0.4 is 10.1 Å². The van der Waals surface area contributed by atoms with E-state index in [1.165, 1.54) is 6.42 Å². The van der Waals surface area contributed by atoms with Crippen molar-refractivity contribution in [1.29, 1.82) is 0 Å². The van der Waals surface area contributed by atoms with Crippen LogP contribution >= 0.6 is 0 Å². The molecule has 0 heterocycles. The molecule has 15 heavy (non-hydrogen) atoms. The molecule has 2 heteroatoms. The Balaban J connectivity index is 2.38. The van der Waals surface area contributed by atoms with Crippen LogP contribution in [0.1, 0.15) is 27.2 Å². The predicted octanol–water partition coefficient (Wildman–Crippen LogP) is 3.54. The Morgan fingerprint density at radius 2 is 1.73 bits per heavy atom. The average molecular weight is 207 g/mol. The molecule has 0 aliphatic rings. The Morgan fingerprint density at radius 3 is 2.20 bits per heavy atom. The van der Waals surface area contributed by atoms with Gasteiger partial charge in [-0.3, -0.25) is 0 Å². The van der Waals surface area contributed by atoms with Gasteiger partial charge in [0.15, 0.2) is 0 Å². The second kappa shape index (κ2) is 5.06. The summed E-state index contributed by atoms with van der Waals surface area (Å²) in [5, 5.41) is 3.40. The maximum Gasteiger partial charge on any atom is 0.119 e. The molecule has 1 aromatic rings. The van der Waals surface area contributed by atoms with Gasteiger partial charge in [-0.15, -0.1) is 0 Å². The molecule has 84 valence electrons. The molecule has 0 atom stereocenters. The fraction of sp³-hybridized carbons (Fsp3) is 0.538. The molecule has 0 fully saturated rings. The first-order valence-electron chi connectivity index (χ1n) is 5.39. The van der Waals surface area contributed by atoms with Crippen molar-refractivity contribution in [1.82, 2.24) is 0 Å². The van der Waals surface area contributed by atoms with Crippen molar-refractivity contribution in [2.45, 2.75) is 27.2 Å². The zero-order valence-corrected chi connectivity index (χ0v) is 10.1. The van der Waals surface area contributed by atoms with Crippen LogP contribution in [0.2, 0.25) is 0 Å². The van der Waals surface area contributed by atoms with Gasteiger partial charge in [-0.2, -0.15) is 0 Å². The van der Waals surface area contributed by atoms with Crippen LogP contribution in [-0.2, 0) is 0 Å². The second-order valence-corrected chi connectivity index (χ2v) is 4.97. The molecule has 0 aromatic heterocycles. The van der Waals surface area contributed by atoms with Crippen molar-refractivity contribution < 1.29 is 4.74 Å². The molecule has 0 amide bonds. The van der Waals surface area contributed by atoms with E-state index in [-0.39, 0.29) is 0 Å². The number of nitrogens with one attached hydrogen (secondary N) is 1. The smallest absolute Gasteiger partial charge is 0.119 e. The molecule has 0 spiro atoms. The summed E-state index contributed by atoms with van der Waals surface area (Å²) in [6, 6.07) is 8.03. The number of benzene rings is 1. The highest BCUT2D eigenvalue weighted by molar-refractivity contribution is 5.46. The van der Waals surface area contributed by atoms with E-state index in [2.05, 4.69) is 26.1 Å². The first-order chi connectivity index (χ1) is 7.01. The lowest BCUT2D eigenvalue weighted by Crippen LogP contribution is -2.12. The summed E-state index contributed by atoms with van der Waals surface area (Å²) < 4.78 is 5.10. The van der Waals surface area contributed by atoms with Crippen molar-refractivity contribution >= 4 is 5.69 Å². The van der Waals surface area contributed by atoms with Crippen LogP contribution in [-0.4, -0.2) is 13.7 Å². The summed E-state index contributed by atoms with van der Waals surface area (Å²) >= 11 is 0. The van der Waals surface area contributed by atoms with E-state index in [0.29, 0.717) is 5.41 Å². The van der Waals surface area contributed by atoms with E-state index >= 15 is 0 Å². The van der Waals surface area contributed by atoms with E-state index in [4.69, 9.17) is 4.74 Å². The predicted molar refractivity (Wildman–Crippen MR) is 65.6 cm³/mol. The lowest BCUT2D eigenvalue weighted by molar-refractivity contribution is 0.389. The Hall–Kier alpha value is -1.18. The van der Waals surface area contributed by atoms with Gasteiger partial charge in [0.1, 0.15) is 5.75 Å². The number of rotatable bonds is 4. The Kier molecular flexibility index (Phi) is 4.01. The fourth-order valence-electron chi connectivity index (χ4n) is 1.29. The molecule has 0 unspecified atom stereocenters. The number of hydrogen-bond acceptors (Lipinski definition) is 2. The minimum absolute atomic E-state index is 0.388. The summed E-state index contributed by atoms with van der Waals surface area (Å²) in [7, 11) is 1.68. The maximum atomic E-state index is 5.10. The molecule has 0 aliphatic carbocycles. The van der Waals surface area contributed by atoms with E-state index in [9.17, 15) is 0 Å². The molecule has 2 nitrogen and oxygen atoms in total. The summed E-state index contributed by atoms with van der Waals surface area (Å²) in [6.07, 6.45) is 1.17. The largest absolute Gasteiger partial charge is 0.497 e. The van der Waals surface area contributed by atoms with Crippen molar-refractivity contribution in [3.63, 3.8) is 0 Å². The number of hydrogen-bond donors (Lipinski definition) is 1. The molecular weight excluding hydrogens is 186 g/mol. The van der Waals surface area contributed by atoms with Crippen LogP contribution in [0.15, 0.2) is 24.3 Å². The van der Waals surface area contributed by atoms with Crippen molar-refractivity contribution in [2.24, 2.45) is 5.41 Å². The van der Waals surface area contributed by atoms with Crippen LogP contribution in [0.25, 0.3) is 0 Å². The number of ether oxygens (including phenoxy) is 1. The third-order valence-electron chi connectivity index (χ3n) is 2.29. The SMILES string of the molecule is COc1ccc(NCCC(C)(C)C)cc1. The van der Waals surface area contributed by atoms with Gasteiger partial charge >= 0.3 is 0 Å². The summed E-state index contributed by atoms with van der Waals surface area (Å²) in [5.41, 5.74) is 1.54. The summed E-state index contributed by atoms with van der Waals surface area (Å²) in [4.78, 5) is 0. The molecule has 1 aromatic carbocycles. The minimum Gasteiger partial charge on any atom is -0.497 e. The Labute approximate surface area is 92.6 Å². The highest BCUT2D eigenvalue weighted by atomic mass is 16.5. The van der Waals surface area contributed by atoms with Gasteiger partial charge in [0.25, 0.3) is 0 Å². The number of methoxy groups -OCH3 is 1. The Morgan fingerprint density at radius 1 is 1.13 bits per heavy atom. The molecule has 0 bridgehead atoms. The molecule has 1 rings (SSSR count). The van der Waals surface area contributed by atoms with Crippen LogP contribution in [0, 0.1) is 5.41 Å². The zero-order valence-electron chi connectivity index (χ0n) is 10.1. The first-order valence-corrected chi connectivity index (χ1v) is 5.39. The van der Waals surface area contributed by atoms with Crippen LogP contribution in [0.5, 0.6) is 5.75 Å². The third-order valence-corrected chi connectivity index (χ3v) is 2.29. The second-order valence-electron chi connectivity index (χ2n) is 4.97. The standard InChI is InChI=1S/C13H21NO/c1-13(2,3)9-10-14-11-5-7-12(15-4)8-6-11/h5-8,14H,9-10H2,1-4H3. The van der Waals surface area contributed by atoms with Crippen LogP contribution in [0.3, 0.4) is 0 Å². The molecule has 0 saturated heterocycles. The fourth-order valence-corrected chi connectivity index (χ4v) is 1.29. The average Bonchev–Trinajstić information content (AvgIpc) is 2.17. The van der Waals surface area contributed by atoms with Gasteiger partial charge in [0.05, 0.1) is 7.11 Å². The van der Waals surface area contributed by atoms with E-state index < -0.39 is 0 Å². The van der Waals surface area contributed by atoms with Crippen molar-refractivity contribution in [2.75, 3.05) is 19.0 Å². The third kappa shape index (κ3) is 4.73. The van der Waals surface area contributed by atoms with Crippen molar-refractivity contribution in [3.8, 4) is 5.75 Å². The normalized spacial score (nSPS) is 11.2. The lowest BCUT2D eigenvalue weighted by atomic mass is 9.92. The maximum absolute atomic E-state index is 5.10. The first kappa shape index (κ1) is 11.9. The van der Waals surface area contributed by atoms with E-state index in [1.54, 1.807) is 7.11 Å². The minimum atomic E-state index is 0.388. The van der Waals surface area contributed by atoms with Gasteiger partial charge in [-0.25, -0.2) is 0 Å². The monoisotopic (exact) mass is 207 g/mol. The summed E-state index contributed by atoms with van der Waals surface area (Å²) in [5.74, 6) is 0.899. The highest BCUT2D eigenvalue weighted by Gasteiger charge is 2.08. The van der Waals surface area contributed by atoms with Crippen molar-refractivity contribution in [3.05, 3.63) is 24.3 Å². The molecule has 1 N–H and O–H groups in total. The van der Waals surface area contributed by atoms with Gasteiger partial charge in [-0.1, -0.05) is 20.8 Å². The van der Waals surface area contributed by atoms with Gasteiger partial charge < -0.3 is 10.1 Å². The lowest BCUT2D eigenvalue weighted by Gasteiger charge is -2.18. The summed E-state index contributed by atoms with van der Waals surface area (Å²) in [6.45, 7) is 7.77. The Bertz CT molecular complexity index is 284. The quantitative estimate of drug-likeness (QED) is 0.815. The molecule has 0 saturated carbocycles. The number of anilines is 1. The highest BCUT2D eigenvalue weighted by Crippen LogP contribution is 2.19.